The van der Waals surface area contributed by atoms with E-state index in [1.165, 1.54) is 16.5 Å². The summed E-state index contributed by atoms with van der Waals surface area (Å²) in [5.41, 5.74) is 11.3. The van der Waals surface area contributed by atoms with Gasteiger partial charge in [0.15, 0.2) is 0 Å². The molecule has 26 heavy (non-hydrogen) atoms. The minimum absolute atomic E-state index is 0.129. The molecule has 1 aliphatic carbocycles. The Balaban J connectivity index is 1.56. The number of ether oxygens (including phenoxy) is 1. The molecule has 0 saturated heterocycles. The van der Waals surface area contributed by atoms with E-state index in [-0.39, 0.29) is 6.04 Å². The Labute approximate surface area is 149 Å². The van der Waals surface area contributed by atoms with Crippen LogP contribution in [0.4, 0.5) is 0 Å². The quantitative estimate of drug-likeness (QED) is 0.590. The molecule has 130 valence electrons. The van der Waals surface area contributed by atoms with E-state index in [4.69, 9.17) is 14.9 Å². The zero-order chi connectivity index (χ0) is 17.7. The first-order valence-corrected chi connectivity index (χ1v) is 8.47. The van der Waals surface area contributed by atoms with E-state index >= 15 is 0 Å². The number of aromatic nitrogens is 4. The predicted octanol–water partition coefficient (Wildman–Crippen LogP) is 3.23. The average molecular weight is 347 g/mol. The molecule has 7 nitrogen and oxygen atoms in total. The zero-order valence-corrected chi connectivity index (χ0v) is 14.2. The van der Waals surface area contributed by atoms with Gasteiger partial charge < -0.3 is 19.9 Å². The van der Waals surface area contributed by atoms with Crippen LogP contribution < -0.4 is 10.5 Å². The van der Waals surface area contributed by atoms with Crippen LogP contribution in [-0.2, 0) is 6.42 Å². The second kappa shape index (κ2) is 5.67. The first-order chi connectivity index (χ1) is 12.7. The molecule has 0 bridgehead atoms. The molecule has 5 rings (SSSR count). The third-order valence-corrected chi connectivity index (χ3v) is 4.90. The van der Waals surface area contributed by atoms with Gasteiger partial charge in [0.25, 0.3) is 5.89 Å². The number of nitrogens with one attached hydrogen (secondary N) is 1. The molecule has 0 amide bonds. The molecule has 0 aliphatic heterocycles. The van der Waals surface area contributed by atoms with Crippen molar-refractivity contribution in [2.75, 3.05) is 7.11 Å². The fourth-order valence-electron chi connectivity index (χ4n) is 3.58. The Kier molecular flexibility index (Phi) is 3.29. The number of hydrogen-bond donors (Lipinski definition) is 2. The number of fused-ring (bicyclic) bond motifs is 3. The van der Waals surface area contributed by atoms with Crippen molar-refractivity contribution in [2.24, 2.45) is 5.73 Å². The largest absolute Gasteiger partial charge is 0.481 e. The van der Waals surface area contributed by atoms with E-state index in [1.807, 2.05) is 0 Å². The maximum Gasteiger partial charge on any atom is 0.264 e. The number of hydrogen-bond acceptors (Lipinski definition) is 6. The van der Waals surface area contributed by atoms with Gasteiger partial charge in [-0.25, -0.2) is 4.98 Å². The second-order valence-electron chi connectivity index (χ2n) is 6.42. The van der Waals surface area contributed by atoms with Crippen molar-refractivity contribution < 1.29 is 9.15 Å². The molecule has 0 radical (unpaired) electrons. The standard InChI is InChI=1S/C19H17N5O2/c1-25-17-8-10(6-7-21-17)18-23-24-19(26-18)16-9-13-11-2-4-14(20)12(11)3-5-15(13)22-16/h3,5-9,14,22H,2,4,20H2,1H3. The highest BCUT2D eigenvalue weighted by molar-refractivity contribution is 5.89. The molecule has 3 heterocycles. The Morgan fingerprint density at radius 1 is 1.19 bits per heavy atom. The normalized spacial score (nSPS) is 16.2. The van der Waals surface area contributed by atoms with Crippen LogP contribution in [0.3, 0.4) is 0 Å². The molecule has 0 spiro atoms. The molecular weight excluding hydrogens is 330 g/mol. The maximum absolute atomic E-state index is 6.18. The summed E-state index contributed by atoms with van der Waals surface area (Å²) in [6.45, 7) is 0. The van der Waals surface area contributed by atoms with Crippen molar-refractivity contribution >= 4 is 10.9 Å². The van der Waals surface area contributed by atoms with E-state index < -0.39 is 0 Å². The van der Waals surface area contributed by atoms with Gasteiger partial charge in [0.1, 0.15) is 5.69 Å². The van der Waals surface area contributed by atoms with Crippen LogP contribution in [0.2, 0.25) is 0 Å². The first-order valence-electron chi connectivity index (χ1n) is 8.47. The van der Waals surface area contributed by atoms with Gasteiger partial charge in [-0.2, -0.15) is 0 Å². The minimum atomic E-state index is 0.129. The van der Waals surface area contributed by atoms with Crippen LogP contribution in [0.25, 0.3) is 33.9 Å². The molecule has 4 aromatic rings. The van der Waals surface area contributed by atoms with Crippen molar-refractivity contribution in [2.45, 2.75) is 18.9 Å². The average Bonchev–Trinajstić information content (AvgIpc) is 3.39. The van der Waals surface area contributed by atoms with Gasteiger partial charge in [-0.05, 0) is 42.2 Å². The topological polar surface area (TPSA) is 103 Å². The van der Waals surface area contributed by atoms with E-state index in [9.17, 15) is 0 Å². The minimum Gasteiger partial charge on any atom is -0.481 e. The Bertz CT molecular complexity index is 1110. The summed E-state index contributed by atoms with van der Waals surface area (Å²) in [6.07, 6.45) is 3.63. The number of benzene rings is 1. The number of nitrogens with two attached hydrogens (primary N) is 1. The van der Waals surface area contributed by atoms with E-state index in [0.29, 0.717) is 17.7 Å². The number of H-pyrrole nitrogens is 1. The molecule has 1 unspecified atom stereocenters. The lowest BCUT2D eigenvalue weighted by Gasteiger charge is -2.04. The van der Waals surface area contributed by atoms with Gasteiger partial charge in [-0.3, -0.25) is 0 Å². The molecule has 1 aliphatic rings. The summed E-state index contributed by atoms with van der Waals surface area (Å²) in [5, 5.41) is 9.52. The van der Waals surface area contributed by atoms with Gasteiger partial charge in [0.2, 0.25) is 11.8 Å². The van der Waals surface area contributed by atoms with Gasteiger partial charge in [-0.1, -0.05) is 6.07 Å². The summed E-state index contributed by atoms with van der Waals surface area (Å²) in [6, 6.07) is 9.93. The highest BCUT2D eigenvalue weighted by atomic mass is 16.5. The zero-order valence-electron chi connectivity index (χ0n) is 14.2. The fourth-order valence-corrected chi connectivity index (χ4v) is 3.58. The molecule has 7 heteroatoms. The summed E-state index contributed by atoms with van der Waals surface area (Å²) < 4.78 is 11.0. The van der Waals surface area contributed by atoms with Crippen LogP contribution in [-0.4, -0.2) is 27.3 Å². The number of nitrogens with zero attached hydrogens (tertiary/aromatic N) is 3. The summed E-state index contributed by atoms with van der Waals surface area (Å²) >= 11 is 0. The SMILES string of the molecule is COc1cc(-c2nnc(-c3cc4c5c(ccc4[nH]3)C(N)CC5)o2)ccn1. The molecule has 1 aromatic carbocycles. The molecular formula is C19H17N5O2. The second-order valence-corrected chi connectivity index (χ2v) is 6.42. The molecule has 3 N–H and O–H groups in total. The van der Waals surface area contributed by atoms with Crippen molar-refractivity contribution in [3.05, 3.63) is 47.7 Å². The third-order valence-electron chi connectivity index (χ3n) is 4.90. The van der Waals surface area contributed by atoms with E-state index in [2.05, 4.69) is 38.4 Å². The van der Waals surface area contributed by atoms with Crippen molar-refractivity contribution in [3.8, 4) is 28.9 Å². The Morgan fingerprint density at radius 2 is 2.08 bits per heavy atom. The van der Waals surface area contributed by atoms with Crippen molar-refractivity contribution in [1.82, 2.24) is 20.2 Å². The molecule has 0 saturated carbocycles. The first kappa shape index (κ1) is 15.1. The van der Waals surface area contributed by atoms with Gasteiger partial charge in [0, 0.05) is 34.8 Å². The van der Waals surface area contributed by atoms with Crippen LogP contribution in [0.1, 0.15) is 23.6 Å². The fraction of sp³-hybridized carbons (Fsp3) is 0.211. The monoisotopic (exact) mass is 347 g/mol. The number of rotatable bonds is 3. The summed E-state index contributed by atoms with van der Waals surface area (Å²) in [5.74, 6) is 1.37. The van der Waals surface area contributed by atoms with Gasteiger partial charge in [-0.15, -0.1) is 10.2 Å². The summed E-state index contributed by atoms with van der Waals surface area (Å²) in [4.78, 5) is 7.46. The maximum atomic E-state index is 6.18. The van der Waals surface area contributed by atoms with Gasteiger partial charge in [0.05, 0.1) is 7.11 Å². The lowest BCUT2D eigenvalue weighted by molar-refractivity contribution is 0.398. The predicted molar refractivity (Wildman–Crippen MR) is 96.6 cm³/mol. The lowest BCUT2D eigenvalue weighted by Crippen LogP contribution is -2.04. The Hall–Kier alpha value is -3.19. The molecule has 0 fully saturated rings. The lowest BCUT2D eigenvalue weighted by atomic mass is 10.0. The van der Waals surface area contributed by atoms with Crippen molar-refractivity contribution in [3.63, 3.8) is 0 Å². The van der Waals surface area contributed by atoms with Crippen LogP contribution in [0.5, 0.6) is 5.88 Å². The van der Waals surface area contributed by atoms with E-state index in [0.717, 1.165) is 29.6 Å². The molecule has 1 atom stereocenters. The number of pyridine rings is 1. The highest BCUT2D eigenvalue weighted by Gasteiger charge is 2.22. The van der Waals surface area contributed by atoms with Gasteiger partial charge >= 0.3 is 0 Å². The third kappa shape index (κ3) is 2.28. The highest BCUT2D eigenvalue weighted by Crippen LogP contribution is 2.36. The van der Waals surface area contributed by atoms with Crippen molar-refractivity contribution in [1.29, 1.82) is 0 Å². The van der Waals surface area contributed by atoms with Crippen LogP contribution in [0, 0.1) is 0 Å². The van der Waals surface area contributed by atoms with E-state index in [1.54, 1.807) is 25.4 Å². The summed E-state index contributed by atoms with van der Waals surface area (Å²) in [7, 11) is 1.57. The molecule has 3 aromatic heterocycles. The van der Waals surface area contributed by atoms with Crippen LogP contribution in [0.15, 0.2) is 40.9 Å². The Morgan fingerprint density at radius 3 is 2.96 bits per heavy atom. The smallest absolute Gasteiger partial charge is 0.264 e. The number of methoxy groups -OCH3 is 1. The van der Waals surface area contributed by atoms with Crippen LogP contribution >= 0.6 is 0 Å². The number of aryl methyl sites for hydroxylation is 1. The number of aromatic amines is 1.